The minimum Gasteiger partial charge on any atom is -0.545 e. The van der Waals surface area contributed by atoms with Crippen molar-refractivity contribution in [2.45, 2.75) is 0 Å². The third-order valence-corrected chi connectivity index (χ3v) is 1.94. The minimum atomic E-state index is -1.34. The highest BCUT2D eigenvalue weighted by molar-refractivity contribution is 5.96. The van der Waals surface area contributed by atoms with E-state index >= 15 is 0 Å². The molecule has 0 aromatic heterocycles. The molecule has 0 aliphatic rings. The number of carbonyl (C=O) groups is 2. The van der Waals surface area contributed by atoms with Crippen LogP contribution in [0.5, 0.6) is 0 Å². The Labute approximate surface area is 86.6 Å². The molecule has 0 saturated carbocycles. The Kier molecular flexibility index (Phi) is 2.94. The van der Waals surface area contributed by atoms with Crippen LogP contribution in [0.2, 0.25) is 0 Å². The van der Waals surface area contributed by atoms with Crippen LogP contribution in [0.4, 0.5) is 5.69 Å². The summed E-state index contributed by atoms with van der Waals surface area (Å²) in [6.07, 6.45) is 0. The van der Waals surface area contributed by atoms with Crippen LogP contribution in [0.1, 0.15) is 20.7 Å². The van der Waals surface area contributed by atoms with Crippen molar-refractivity contribution in [3.8, 4) is 0 Å². The first-order chi connectivity index (χ1) is 6.93. The predicted octanol–water partition coefficient (Wildman–Crippen LogP) is -1.52. The topological polar surface area (TPSA) is 83.5 Å². The van der Waals surface area contributed by atoms with Gasteiger partial charge in [-0.15, -0.1) is 0 Å². The molecule has 0 saturated heterocycles. The molecule has 0 spiro atoms. The zero-order chi connectivity index (χ0) is 11.6. The second kappa shape index (κ2) is 4.00. The van der Waals surface area contributed by atoms with Crippen LogP contribution < -0.4 is 15.1 Å². The molecular formula is C10H9NO4-2. The molecule has 5 nitrogen and oxygen atoms in total. The maximum absolute atomic E-state index is 10.7. The fraction of sp³-hybridized carbons (Fsp3) is 0.200. The number of hydrogen-bond acceptors (Lipinski definition) is 5. The summed E-state index contributed by atoms with van der Waals surface area (Å²) in [6.45, 7) is 0. The zero-order valence-electron chi connectivity index (χ0n) is 8.31. The zero-order valence-corrected chi connectivity index (χ0v) is 8.31. The predicted molar refractivity (Wildman–Crippen MR) is 49.4 cm³/mol. The fourth-order valence-corrected chi connectivity index (χ4v) is 1.20. The molecule has 0 unspecified atom stereocenters. The van der Waals surface area contributed by atoms with Crippen LogP contribution in [-0.2, 0) is 0 Å². The monoisotopic (exact) mass is 207 g/mol. The fourth-order valence-electron chi connectivity index (χ4n) is 1.20. The second-order valence-corrected chi connectivity index (χ2v) is 3.20. The van der Waals surface area contributed by atoms with Crippen molar-refractivity contribution in [3.63, 3.8) is 0 Å². The average Bonchev–Trinajstić information content (AvgIpc) is 2.16. The number of rotatable bonds is 3. The third-order valence-electron chi connectivity index (χ3n) is 1.94. The van der Waals surface area contributed by atoms with E-state index in [0.29, 0.717) is 0 Å². The van der Waals surface area contributed by atoms with Crippen molar-refractivity contribution in [2.24, 2.45) is 0 Å². The van der Waals surface area contributed by atoms with Crippen LogP contribution in [-0.4, -0.2) is 26.0 Å². The highest BCUT2D eigenvalue weighted by atomic mass is 16.4. The second-order valence-electron chi connectivity index (χ2n) is 3.20. The van der Waals surface area contributed by atoms with Gasteiger partial charge in [0.1, 0.15) is 0 Å². The van der Waals surface area contributed by atoms with Crippen molar-refractivity contribution in [1.29, 1.82) is 0 Å². The average molecular weight is 207 g/mol. The van der Waals surface area contributed by atoms with Crippen molar-refractivity contribution in [2.75, 3.05) is 19.0 Å². The molecule has 5 heteroatoms. The Balaban J connectivity index is 3.33. The van der Waals surface area contributed by atoms with E-state index in [9.17, 15) is 19.8 Å². The standard InChI is InChI=1S/C10H11NO4/c1-11(2)8-5-6(9(12)13)3-4-7(8)10(14)15/h3-5H,1-2H3,(H,12,13)(H,14,15)/p-2. The molecule has 0 heterocycles. The maximum atomic E-state index is 10.7. The molecule has 0 atom stereocenters. The van der Waals surface area contributed by atoms with E-state index in [0.717, 1.165) is 0 Å². The van der Waals surface area contributed by atoms with Crippen LogP contribution in [0.25, 0.3) is 0 Å². The molecule has 0 aliphatic heterocycles. The lowest BCUT2D eigenvalue weighted by molar-refractivity contribution is -0.256. The molecule has 0 amide bonds. The Morgan fingerprint density at radius 1 is 1.13 bits per heavy atom. The first-order valence-corrected chi connectivity index (χ1v) is 4.17. The normalized spacial score (nSPS) is 9.73. The van der Waals surface area contributed by atoms with E-state index in [1.165, 1.54) is 23.1 Å². The Morgan fingerprint density at radius 3 is 2.13 bits per heavy atom. The number of nitrogens with zero attached hydrogens (tertiary/aromatic N) is 1. The van der Waals surface area contributed by atoms with Gasteiger partial charge in [0, 0.05) is 25.3 Å². The van der Waals surface area contributed by atoms with E-state index in [1.54, 1.807) is 14.1 Å². The molecule has 80 valence electrons. The van der Waals surface area contributed by atoms with Crippen LogP contribution in [0, 0.1) is 0 Å². The summed E-state index contributed by atoms with van der Waals surface area (Å²) < 4.78 is 0. The molecule has 0 aliphatic carbocycles. The quantitative estimate of drug-likeness (QED) is 0.601. The number of carboxylic acid groups (broad SMARTS) is 2. The largest absolute Gasteiger partial charge is 0.545 e. The third kappa shape index (κ3) is 2.25. The van der Waals surface area contributed by atoms with Gasteiger partial charge in [-0.05, 0) is 11.6 Å². The van der Waals surface area contributed by atoms with E-state index in [2.05, 4.69) is 0 Å². The number of carbonyl (C=O) groups excluding carboxylic acids is 2. The van der Waals surface area contributed by atoms with Crippen molar-refractivity contribution in [3.05, 3.63) is 29.3 Å². The summed E-state index contributed by atoms with van der Waals surface area (Å²) >= 11 is 0. The number of hydrogen-bond donors (Lipinski definition) is 0. The molecule has 0 bridgehead atoms. The van der Waals surface area contributed by atoms with E-state index < -0.39 is 11.9 Å². The summed E-state index contributed by atoms with van der Waals surface area (Å²) in [5, 5.41) is 21.3. The molecule has 0 fully saturated rings. The first kappa shape index (κ1) is 11.0. The molecule has 15 heavy (non-hydrogen) atoms. The number of aromatic carboxylic acids is 2. The summed E-state index contributed by atoms with van der Waals surface area (Å²) in [7, 11) is 3.22. The van der Waals surface area contributed by atoms with Crippen LogP contribution in [0.15, 0.2) is 18.2 Å². The lowest BCUT2D eigenvalue weighted by atomic mass is 10.1. The summed E-state index contributed by atoms with van der Waals surface area (Å²) in [5.41, 5.74) is 0.158. The smallest absolute Gasteiger partial charge is 0.0736 e. The van der Waals surface area contributed by atoms with Gasteiger partial charge in [-0.3, -0.25) is 0 Å². The highest BCUT2D eigenvalue weighted by Crippen LogP contribution is 2.19. The molecule has 1 rings (SSSR count). The number of anilines is 1. The Morgan fingerprint density at radius 2 is 1.73 bits per heavy atom. The van der Waals surface area contributed by atoms with Crippen LogP contribution in [0.3, 0.4) is 0 Å². The van der Waals surface area contributed by atoms with Crippen molar-refractivity contribution < 1.29 is 19.8 Å². The number of carboxylic acids is 2. The molecule has 0 N–H and O–H groups in total. The summed E-state index contributed by atoms with van der Waals surface area (Å²) in [6, 6.07) is 3.60. The highest BCUT2D eigenvalue weighted by Gasteiger charge is 2.07. The summed E-state index contributed by atoms with van der Waals surface area (Å²) in [5.74, 6) is -2.69. The minimum absolute atomic E-state index is 0.0509. The van der Waals surface area contributed by atoms with Gasteiger partial charge in [0.2, 0.25) is 0 Å². The SMILES string of the molecule is CN(C)c1cc(C(=O)[O-])ccc1C(=O)[O-]. The van der Waals surface area contributed by atoms with Gasteiger partial charge in [-0.25, -0.2) is 0 Å². The maximum Gasteiger partial charge on any atom is 0.0736 e. The van der Waals surface area contributed by atoms with E-state index in [1.807, 2.05) is 0 Å². The van der Waals surface area contributed by atoms with Crippen molar-refractivity contribution in [1.82, 2.24) is 0 Å². The lowest BCUT2D eigenvalue weighted by Gasteiger charge is -2.19. The van der Waals surface area contributed by atoms with Gasteiger partial charge in [-0.2, -0.15) is 0 Å². The van der Waals surface area contributed by atoms with Gasteiger partial charge < -0.3 is 24.7 Å². The lowest BCUT2D eigenvalue weighted by Crippen LogP contribution is -2.27. The van der Waals surface area contributed by atoms with Gasteiger partial charge >= 0.3 is 0 Å². The molecule has 1 aromatic carbocycles. The van der Waals surface area contributed by atoms with Gasteiger partial charge in [-0.1, -0.05) is 12.1 Å². The van der Waals surface area contributed by atoms with E-state index in [-0.39, 0.29) is 16.8 Å². The van der Waals surface area contributed by atoms with Gasteiger partial charge in [0.15, 0.2) is 0 Å². The number of benzene rings is 1. The van der Waals surface area contributed by atoms with Gasteiger partial charge in [0.05, 0.1) is 11.9 Å². The van der Waals surface area contributed by atoms with E-state index in [4.69, 9.17) is 0 Å². The molecule has 0 radical (unpaired) electrons. The molecular weight excluding hydrogens is 198 g/mol. The first-order valence-electron chi connectivity index (χ1n) is 4.17. The summed E-state index contributed by atoms with van der Waals surface area (Å²) in [4.78, 5) is 22.8. The Bertz CT molecular complexity index is 412. The van der Waals surface area contributed by atoms with Crippen molar-refractivity contribution >= 4 is 17.6 Å². The Hall–Kier alpha value is -2.04. The van der Waals surface area contributed by atoms with Gasteiger partial charge in [0.25, 0.3) is 0 Å². The molecule has 1 aromatic rings. The van der Waals surface area contributed by atoms with Crippen LogP contribution >= 0.6 is 0 Å².